The molecule has 1 heterocycles. The van der Waals surface area contributed by atoms with Gasteiger partial charge >= 0.3 is 0 Å². The molecule has 0 unspecified atom stereocenters. The van der Waals surface area contributed by atoms with Gasteiger partial charge < -0.3 is 9.47 Å². The lowest BCUT2D eigenvalue weighted by Crippen LogP contribution is -2.28. The van der Waals surface area contributed by atoms with Crippen molar-refractivity contribution in [3.63, 3.8) is 0 Å². The van der Waals surface area contributed by atoms with Crippen molar-refractivity contribution in [2.75, 3.05) is 7.05 Å². The summed E-state index contributed by atoms with van der Waals surface area (Å²) in [5, 5.41) is 2.33. The van der Waals surface area contributed by atoms with Crippen LogP contribution >= 0.6 is 0 Å². The van der Waals surface area contributed by atoms with E-state index in [2.05, 4.69) is 24.3 Å². The molecule has 0 radical (unpaired) electrons. The smallest absolute Gasteiger partial charge is 0.254 e. The lowest BCUT2D eigenvalue weighted by molar-refractivity contribution is 0.0785. The molecule has 4 heteroatoms. The Kier molecular flexibility index (Phi) is 3.98. The molecule has 2 aromatic carbocycles. The maximum Gasteiger partial charge on any atom is 0.254 e. The molecule has 1 aromatic heterocycles. The molecule has 116 valence electrons. The van der Waals surface area contributed by atoms with E-state index in [1.165, 1.54) is 16.0 Å². The highest BCUT2D eigenvalue weighted by Crippen LogP contribution is 2.17. The number of rotatable bonds is 3. The summed E-state index contributed by atoms with van der Waals surface area (Å²) in [4.78, 5) is 25.7. The van der Waals surface area contributed by atoms with Gasteiger partial charge in [-0.1, -0.05) is 36.4 Å². The summed E-state index contributed by atoms with van der Waals surface area (Å²) in [6, 6.07) is 17.3. The van der Waals surface area contributed by atoms with Crippen LogP contribution in [0.2, 0.25) is 0 Å². The Morgan fingerprint density at radius 2 is 1.78 bits per heavy atom. The third kappa shape index (κ3) is 3.16. The lowest BCUT2D eigenvalue weighted by atomic mass is 10.1. The van der Waals surface area contributed by atoms with Crippen LogP contribution in [0.5, 0.6) is 0 Å². The van der Waals surface area contributed by atoms with Crippen molar-refractivity contribution in [2.24, 2.45) is 7.05 Å². The first-order chi connectivity index (χ1) is 11.0. The molecule has 3 aromatic rings. The summed E-state index contributed by atoms with van der Waals surface area (Å²) in [6.07, 6.45) is 1.61. The zero-order chi connectivity index (χ0) is 16.4. The van der Waals surface area contributed by atoms with Crippen LogP contribution in [0.15, 0.2) is 65.6 Å². The van der Waals surface area contributed by atoms with Gasteiger partial charge in [-0.15, -0.1) is 0 Å². The number of benzene rings is 2. The molecular formula is C19H18N2O2. The quantitative estimate of drug-likeness (QED) is 0.747. The van der Waals surface area contributed by atoms with E-state index in [-0.39, 0.29) is 11.5 Å². The molecule has 0 atom stereocenters. The van der Waals surface area contributed by atoms with Gasteiger partial charge in [0.1, 0.15) is 0 Å². The Balaban J connectivity index is 1.81. The predicted octanol–water partition coefficient (Wildman–Crippen LogP) is 2.81. The zero-order valence-electron chi connectivity index (χ0n) is 13.2. The van der Waals surface area contributed by atoms with Crippen molar-refractivity contribution in [1.29, 1.82) is 0 Å². The third-order valence-corrected chi connectivity index (χ3v) is 3.93. The Morgan fingerprint density at radius 3 is 2.52 bits per heavy atom. The van der Waals surface area contributed by atoms with Gasteiger partial charge in [0.25, 0.3) is 11.5 Å². The first kappa shape index (κ1) is 15.0. The van der Waals surface area contributed by atoms with Crippen LogP contribution in [-0.2, 0) is 13.6 Å². The average molecular weight is 306 g/mol. The molecular weight excluding hydrogens is 288 g/mol. The molecule has 4 nitrogen and oxygen atoms in total. The highest BCUT2D eigenvalue weighted by molar-refractivity contribution is 5.94. The number of amides is 1. The van der Waals surface area contributed by atoms with E-state index in [0.717, 1.165) is 10.9 Å². The normalized spacial score (nSPS) is 10.7. The maximum absolute atomic E-state index is 12.5. The predicted molar refractivity (Wildman–Crippen MR) is 91.4 cm³/mol. The summed E-state index contributed by atoms with van der Waals surface area (Å²) in [5.41, 5.74) is 1.29. The number of carbonyl (C=O) groups is 1. The molecule has 0 aliphatic heterocycles. The summed E-state index contributed by atoms with van der Waals surface area (Å²) in [7, 11) is 3.41. The van der Waals surface area contributed by atoms with E-state index >= 15 is 0 Å². The van der Waals surface area contributed by atoms with Crippen molar-refractivity contribution in [2.45, 2.75) is 6.54 Å². The van der Waals surface area contributed by atoms with Crippen LogP contribution in [0.1, 0.15) is 15.9 Å². The second kappa shape index (κ2) is 6.08. The number of pyridine rings is 1. The first-order valence-corrected chi connectivity index (χ1v) is 7.44. The molecule has 0 bridgehead atoms. The first-order valence-electron chi connectivity index (χ1n) is 7.44. The van der Waals surface area contributed by atoms with E-state index in [1.54, 1.807) is 31.3 Å². The van der Waals surface area contributed by atoms with E-state index in [9.17, 15) is 9.59 Å². The maximum atomic E-state index is 12.5. The van der Waals surface area contributed by atoms with E-state index in [0.29, 0.717) is 12.1 Å². The van der Waals surface area contributed by atoms with Crippen LogP contribution in [0.4, 0.5) is 0 Å². The van der Waals surface area contributed by atoms with Crippen LogP contribution in [0.25, 0.3) is 10.8 Å². The second-order valence-electron chi connectivity index (χ2n) is 5.71. The summed E-state index contributed by atoms with van der Waals surface area (Å²) in [6.45, 7) is 0.499. The van der Waals surface area contributed by atoms with Crippen molar-refractivity contribution in [3.8, 4) is 0 Å². The molecule has 0 saturated heterocycles. The number of hydrogen-bond acceptors (Lipinski definition) is 2. The van der Waals surface area contributed by atoms with Gasteiger partial charge in [-0.25, -0.2) is 0 Å². The number of fused-ring (bicyclic) bond motifs is 1. The SMILES string of the molecule is CN(Cc1ccc2ccccc2c1)C(=O)c1ccn(C)c(=O)c1. The van der Waals surface area contributed by atoms with Crippen molar-refractivity contribution in [1.82, 2.24) is 9.47 Å². The monoisotopic (exact) mass is 306 g/mol. The van der Waals surface area contributed by atoms with E-state index in [1.807, 2.05) is 18.2 Å². The fourth-order valence-corrected chi connectivity index (χ4v) is 2.58. The third-order valence-electron chi connectivity index (χ3n) is 3.93. The van der Waals surface area contributed by atoms with Crippen LogP contribution in [0, 0.1) is 0 Å². The largest absolute Gasteiger partial charge is 0.337 e. The fraction of sp³-hybridized carbons (Fsp3) is 0.158. The summed E-state index contributed by atoms with van der Waals surface area (Å²) >= 11 is 0. The van der Waals surface area contributed by atoms with Gasteiger partial charge in [-0.3, -0.25) is 9.59 Å². The Bertz CT molecular complexity index is 928. The number of carbonyl (C=O) groups excluding carboxylic acids is 1. The van der Waals surface area contributed by atoms with Gasteiger partial charge in [0, 0.05) is 38.5 Å². The fourth-order valence-electron chi connectivity index (χ4n) is 2.58. The molecule has 3 rings (SSSR count). The van der Waals surface area contributed by atoms with Crippen molar-refractivity contribution in [3.05, 3.63) is 82.3 Å². The van der Waals surface area contributed by atoms with Crippen LogP contribution < -0.4 is 5.56 Å². The summed E-state index contributed by atoms with van der Waals surface area (Å²) < 4.78 is 1.44. The molecule has 0 aliphatic carbocycles. The highest BCUT2D eigenvalue weighted by Gasteiger charge is 2.13. The average Bonchev–Trinajstić information content (AvgIpc) is 2.56. The molecule has 0 aliphatic rings. The van der Waals surface area contributed by atoms with Crippen LogP contribution in [-0.4, -0.2) is 22.4 Å². The minimum atomic E-state index is -0.185. The Labute approximate surface area is 134 Å². The van der Waals surface area contributed by atoms with Crippen LogP contribution in [0.3, 0.4) is 0 Å². The van der Waals surface area contributed by atoms with Gasteiger partial charge in [0.2, 0.25) is 0 Å². The van der Waals surface area contributed by atoms with Gasteiger partial charge in [-0.2, -0.15) is 0 Å². The van der Waals surface area contributed by atoms with Gasteiger partial charge in [-0.05, 0) is 28.5 Å². The molecule has 1 amide bonds. The van der Waals surface area contributed by atoms with Gasteiger partial charge in [0.15, 0.2) is 0 Å². The Hall–Kier alpha value is -2.88. The second-order valence-corrected chi connectivity index (χ2v) is 5.71. The minimum Gasteiger partial charge on any atom is -0.337 e. The minimum absolute atomic E-state index is 0.157. The zero-order valence-corrected chi connectivity index (χ0v) is 13.2. The highest BCUT2D eigenvalue weighted by atomic mass is 16.2. The summed E-state index contributed by atoms with van der Waals surface area (Å²) in [5.74, 6) is -0.157. The number of nitrogens with zero attached hydrogens (tertiary/aromatic N) is 2. The van der Waals surface area contributed by atoms with E-state index in [4.69, 9.17) is 0 Å². The molecule has 0 saturated carbocycles. The van der Waals surface area contributed by atoms with E-state index < -0.39 is 0 Å². The standard InChI is InChI=1S/C19H18N2O2/c1-20-10-9-17(12-18(20)22)19(23)21(2)13-14-7-8-15-5-3-4-6-16(15)11-14/h3-12H,13H2,1-2H3. The molecule has 0 spiro atoms. The molecule has 23 heavy (non-hydrogen) atoms. The molecule has 0 N–H and O–H groups in total. The van der Waals surface area contributed by atoms with Gasteiger partial charge in [0.05, 0.1) is 0 Å². The number of hydrogen-bond donors (Lipinski definition) is 0. The van der Waals surface area contributed by atoms with Crippen molar-refractivity contribution < 1.29 is 4.79 Å². The Morgan fingerprint density at radius 1 is 1.04 bits per heavy atom. The number of aryl methyl sites for hydroxylation is 1. The van der Waals surface area contributed by atoms with Crippen molar-refractivity contribution >= 4 is 16.7 Å². The molecule has 0 fully saturated rings. The lowest BCUT2D eigenvalue weighted by Gasteiger charge is -2.17. The number of aromatic nitrogens is 1. The topological polar surface area (TPSA) is 42.3 Å².